The van der Waals surface area contributed by atoms with Crippen LogP contribution in [0.3, 0.4) is 0 Å². The first-order valence-electron chi connectivity index (χ1n) is 3.39. The first-order valence-corrected chi connectivity index (χ1v) is 4.02. The van der Waals surface area contributed by atoms with E-state index in [1.54, 1.807) is 0 Å². The second-order valence-corrected chi connectivity index (χ2v) is 2.41. The quantitative estimate of drug-likeness (QED) is 0.489. The summed E-state index contributed by atoms with van der Waals surface area (Å²) in [6.45, 7) is 1.08. The molecule has 0 aromatic heterocycles. The molecule has 0 atom stereocenters. The zero-order chi connectivity index (χ0) is 7.82. The molecule has 0 aliphatic carbocycles. The third-order valence-corrected chi connectivity index (χ3v) is 1.34. The van der Waals surface area contributed by atoms with Crippen molar-refractivity contribution in [3.8, 4) is 0 Å². The van der Waals surface area contributed by atoms with Crippen molar-refractivity contribution < 1.29 is 4.79 Å². The highest BCUT2D eigenvalue weighted by molar-refractivity contribution is 7.80. The molecule has 0 aliphatic rings. The molecule has 0 radical (unpaired) electrons. The Hall–Kier alpha value is -0.220. The van der Waals surface area contributed by atoms with E-state index < -0.39 is 0 Å². The molecule has 0 aromatic rings. The number of carbonyl (C=O) groups is 1. The van der Waals surface area contributed by atoms with Crippen LogP contribution < -0.4 is 11.1 Å². The summed E-state index contributed by atoms with van der Waals surface area (Å²) in [4.78, 5) is 10.8. The van der Waals surface area contributed by atoms with Crippen molar-refractivity contribution in [1.29, 1.82) is 0 Å². The van der Waals surface area contributed by atoms with E-state index in [9.17, 15) is 4.79 Å². The van der Waals surface area contributed by atoms with Gasteiger partial charge in [0.15, 0.2) is 0 Å². The van der Waals surface area contributed by atoms with Crippen LogP contribution in [-0.4, -0.2) is 24.7 Å². The minimum atomic E-state index is 0.0690. The number of hydrogen-bond donors (Lipinski definition) is 3. The van der Waals surface area contributed by atoms with Crippen LogP contribution in [0, 0.1) is 0 Å². The monoisotopic (exact) mass is 162 g/mol. The molecule has 4 heteroatoms. The molecule has 1 amide bonds. The number of hydrogen-bond acceptors (Lipinski definition) is 3. The van der Waals surface area contributed by atoms with Crippen LogP contribution in [0.15, 0.2) is 0 Å². The fourth-order valence-electron chi connectivity index (χ4n) is 0.540. The molecule has 0 bridgehead atoms. The van der Waals surface area contributed by atoms with E-state index in [0.717, 1.165) is 12.2 Å². The van der Waals surface area contributed by atoms with E-state index in [4.69, 9.17) is 5.73 Å². The predicted molar refractivity (Wildman–Crippen MR) is 45.2 cm³/mol. The van der Waals surface area contributed by atoms with Crippen molar-refractivity contribution in [1.82, 2.24) is 5.32 Å². The molecular formula is C6H14N2OS. The Morgan fingerprint density at radius 3 is 2.80 bits per heavy atom. The summed E-state index contributed by atoms with van der Waals surface area (Å²) in [5, 5.41) is 2.67. The van der Waals surface area contributed by atoms with Crippen LogP contribution in [0.25, 0.3) is 0 Å². The van der Waals surface area contributed by atoms with Gasteiger partial charge in [0, 0.05) is 19.5 Å². The van der Waals surface area contributed by atoms with Gasteiger partial charge in [0.1, 0.15) is 0 Å². The molecule has 10 heavy (non-hydrogen) atoms. The number of amides is 1. The van der Waals surface area contributed by atoms with Gasteiger partial charge in [-0.2, -0.15) is 12.6 Å². The van der Waals surface area contributed by atoms with Gasteiger partial charge < -0.3 is 11.1 Å². The van der Waals surface area contributed by atoms with Crippen molar-refractivity contribution in [2.24, 2.45) is 5.73 Å². The van der Waals surface area contributed by atoms with Gasteiger partial charge in [-0.1, -0.05) is 0 Å². The zero-order valence-electron chi connectivity index (χ0n) is 5.97. The Balaban J connectivity index is 3.09. The first kappa shape index (κ1) is 9.78. The second kappa shape index (κ2) is 6.89. The lowest BCUT2D eigenvalue weighted by atomic mass is 10.3. The van der Waals surface area contributed by atoms with Gasteiger partial charge in [0.05, 0.1) is 0 Å². The van der Waals surface area contributed by atoms with Crippen LogP contribution in [0.4, 0.5) is 0 Å². The van der Waals surface area contributed by atoms with Crippen LogP contribution in [-0.2, 0) is 4.79 Å². The number of carbonyl (C=O) groups excluding carboxylic acids is 1. The minimum absolute atomic E-state index is 0.0690. The molecule has 3 N–H and O–H groups in total. The van der Waals surface area contributed by atoms with Crippen molar-refractivity contribution in [2.75, 3.05) is 18.8 Å². The van der Waals surface area contributed by atoms with Crippen molar-refractivity contribution >= 4 is 18.5 Å². The molecular weight excluding hydrogens is 148 g/mol. The average Bonchev–Trinajstić information content (AvgIpc) is 1.97. The van der Waals surface area contributed by atoms with E-state index in [2.05, 4.69) is 17.9 Å². The number of thiol groups is 1. The topological polar surface area (TPSA) is 55.1 Å². The van der Waals surface area contributed by atoms with Gasteiger partial charge in [0.2, 0.25) is 5.91 Å². The maximum atomic E-state index is 10.8. The van der Waals surface area contributed by atoms with Crippen molar-refractivity contribution in [2.45, 2.75) is 12.8 Å². The lowest BCUT2D eigenvalue weighted by molar-refractivity contribution is -0.121. The molecule has 0 spiro atoms. The highest BCUT2D eigenvalue weighted by Crippen LogP contribution is 1.89. The van der Waals surface area contributed by atoms with Crippen molar-refractivity contribution in [3.05, 3.63) is 0 Å². The summed E-state index contributed by atoms with van der Waals surface area (Å²) in [5.74, 6) is 0.829. The van der Waals surface area contributed by atoms with Crippen LogP contribution in [0.2, 0.25) is 0 Å². The number of nitrogens with two attached hydrogens (primary N) is 1. The first-order chi connectivity index (χ1) is 4.81. The molecule has 0 heterocycles. The molecule has 0 unspecified atom stereocenters. The molecule has 60 valence electrons. The van der Waals surface area contributed by atoms with E-state index in [1.165, 1.54) is 0 Å². The van der Waals surface area contributed by atoms with E-state index in [0.29, 0.717) is 19.5 Å². The molecule has 0 saturated carbocycles. The maximum absolute atomic E-state index is 10.8. The molecule has 0 rings (SSSR count). The van der Waals surface area contributed by atoms with Crippen molar-refractivity contribution in [3.63, 3.8) is 0 Å². The van der Waals surface area contributed by atoms with Gasteiger partial charge in [-0.05, 0) is 12.2 Å². The van der Waals surface area contributed by atoms with Gasteiger partial charge >= 0.3 is 0 Å². The van der Waals surface area contributed by atoms with Gasteiger partial charge in [-0.3, -0.25) is 4.79 Å². The molecule has 0 saturated heterocycles. The Labute approximate surface area is 66.8 Å². The fraction of sp³-hybridized carbons (Fsp3) is 0.833. The van der Waals surface area contributed by atoms with Gasteiger partial charge in [-0.15, -0.1) is 0 Å². The SMILES string of the molecule is NCCNC(=O)CCCS. The predicted octanol–water partition coefficient (Wildman–Crippen LogP) is -0.229. The molecule has 0 aliphatic heterocycles. The highest BCUT2D eigenvalue weighted by atomic mass is 32.1. The van der Waals surface area contributed by atoms with Crippen LogP contribution in [0.1, 0.15) is 12.8 Å². The largest absolute Gasteiger partial charge is 0.355 e. The summed E-state index contributed by atoms with van der Waals surface area (Å²) in [5.41, 5.74) is 5.18. The van der Waals surface area contributed by atoms with E-state index in [1.807, 2.05) is 0 Å². The Kier molecular flexibility index (Phi) is 6.74. The Morgan fingerprint density at radius 2 is 2.30 bits per heavy atom. The number of nitrogens with one attached hydrogen (secondary N) is 1. The number of rotatable bonds is 5. The summed E-state index contributed by atoms with van der Waals surface area (Å²) in [6, 6.07) is 0. The summed E-state index contributed by atoms with van der Waals surface area (Å²) < 4.78 is 0. The lowest BCUT2D eigenvalue weighted by Gasteiger charge is -2.00. The zero-order valence-corrected chi connectivity index (χ0v) is 6.86. The Bertz CT molecular complexity index is 87.7. The normalized spacial score (nSPS) is 9.40. The molecule has 3 nitrogen and oxygen atoms in total. The van der Waals surface area contributed by atoms with Crippen LogP contribution in [0.5, 0.6) is 0 Å². The van der Waals surface area contributed by atoms with Gasteiger partial charge in [-0.25, -0.2) is 0 Å². The standard InChI is InChI=1S/C6H14N2OS/c7-3-4-8-6(9)2-1-5-10/h10H,1-5,7H2,(H,8,9). The molecule has 0 fully saturated rings. The second-order valence-electron chi connectivity index (χ2n) is 1.97. The maximum Gasteiger partial charge on any atom is 0.220 e. The summed E-state index contributed by atoms with van der Waals surface area (Å²) >= 11 is 3.98. The average molecular weight is 162 g/mol. The molecule has 0 aromatic carbocycles. The summed E-state index contributed by atoms with van der Waals surface area (Å²) in [6.07, 6.45) is 1.39. The fourth-order valence-corrected chi connectivity index (χ4v) is 0.698. The van der Waals surface area contributed by atoms with E-state index in [-0.39, 0.29) is 5.91 Å². The van der Waals surface area contributed by atoms with Gasteiger partial charge in [0.25, 0.3) is 0 Å². The third kappa shape index (κ3) is 5.91. The summed E-state index contributed by atoms with van der Waals surface area (Å²) in [7, 11) is 0. The third-order valence-electron chi connectivity index (χ3n) is 1.03. The van der Waals surface area contributed by atoms with Crippen LogP contribution >= 0.6 is 12.6 Å². The Morgan fingerprint density at radius 1 is 1.60 bits per heavy atom. The lowest BCUT2D eigenvalue weighted by Crippen LogP contribution is -2.28. The smallest absolute Gasteiger partial charge is 0.220 e. The highest BCUT2D eigenvalue weighted by Gasteiger charge is 1.96. The van der Waals surface area contributed by atoms with E-state index >= 15 is 0 Å². The minimum Gasteiger partial charge on any atom is -0.355 e.